The zero-order valence-corrected chi connectivity index (χ0v) is 14.3. The summed E-state index contributed by atoms with van der Waals surface area (Å²) in [7, 11) is 0. The second-order valence-corrected chi connectivity index (χ2v) is 6.05. The molecule has 0 spiro atoms. The first-order valence-electron chi connectivity index (χ1n) is 7.78. The minimum Gasteiger partial charge on any atom is -0.436 e. The van der Waals surface area contributed by atoms with Gasteiger partial charge in [0.15, 0.2) is 17.2 Å². The maximum atomic E-state index is 13.5. The van der Waals surface area contributed by atoms with Gasteiger partial charge in [-0.3, -0.25) is 9.78 Å². The SMILES string of the molecule is O=C(Nc1ccc2oc(-c3cc(F)c(F)cc3Cl)nc2c1)c1cccnc1. The number of hydrogen-bond donors (Lipinski definition) is 1. The molecule has 8 heteroatoms. The number of pyridine rings is 1. The van der Waals surface area contributed by atoms with Gasteiger partial charge in [-0.1, -0.05) is 11.6 Å². The van der Waals surface area contributed by atoms with Crippen LogP contribution in [0.15, 0.2) is 59.3 Å². The predicted octanol–water partition coefficient (Wildman–Crippen LogP) is 5.07. The van der Waals surface area contributed by atoms with Gasteiger partial charge in [0, 0.05) is 18.1 Å². The molecule has 0 aliphatic rings. The zero-order chi connectivity index (χ0) is 19.0. The number of aromatic nitrogens is 2. The number of amides is 1. The van der Waals surface area contributed by atoms with Crippen LogP contribution in [0.25, 0.3) is 22.6 Å². The summed E-state index contributed by atoms with van der Waals surface area (Å²) >= 11 is 5.96. The highest BCUT2D eigenvalue weighted by Gasteiger charge is 2.16. The summed E-state index contributed by atoms with van der Waals surface area (Å²) in [5.74, 6) is -2.39. The van der Waals surface area contributed by atoms with E-state index in [-0.39, 0.29) is 22.4 Å². The molecular weight excluding hydrogens is 376 g/mol. The maximum absolute atomic E-state index is 13.5. The van der Waals surface area contributed by atoms with Gasteiger partial charge in [-0.25, -0.2) is 13.8 Å². The summed E-state index contributed by atoms with van der Waals surface area (Å²) < 4.78 is 32.3. The molecule has 1 N–H and O–H groups in total. The Morgan fingerprint density at radius 1 is 1.11 bits per heavy atom. The lowest BCUT2D eigenvalue weighted by atomic mass is 10.2. The molecule has 4 aromatic rings. The number of benzene rings is 2. The Morgan fingerprint density at radius 2 is 1.93 bits per heavy atom. The highest BCUT2D eigenvalue weighted by molar-refractivity contribution is 6.33. The van der Waals surface area contributed by atoms with Crippen molar-refractivity contribution in [1.82, 2.24) is 9.97 Å². The molecule has 0 bridgehead atoms. The number of oxazole rings is 1. The molecule has 0 saturated heterocycles. The third-order valence-corrected chi connectivity index (χ3v) is 4.12. The second-order valence-electron chi connectivity index (χ2n) is 5.64. The van der Waals surface area contributed by atoms with Crippen LogP contribution in [0.2, 0.25) is 5.02 Å². The highest BCUT2D eigenvalue weighted by Crippen LogP contribution is 2.32. The Kier molecular flexibility index (Phi) is 4.29. The Morgan fingerprint density at radius 3 is 2.70 bits per heavy atom. The first kappa shape index (κ1) is 17.1. The van der Waals surface area contributed by atoms with Gasteiger partial charge < -0.3 is 9.73 Å². The lowest BCUT2D eigenvalue weighted by Gasteiger charge is -2.04. The molecular formula is C19H10ClF2N3O2. The molecule has 0 unspecified atom stereocenters. The molecule has 0 radical (unpaired) electrons. The Balaban J connectivity index is 1.66. The topological polar surface area (TPSA) is 68.0 Å². The third kappa shape index (κ3) is 3.37. The normalized spacial score (nSPS) is 10.9. The number of carbonyl (C=O) groups excluding carboxylic acids is 1. The van der Waals surface area contributed by atoms with Gasteiger partial charge in [0.2, 0.25) is 5.89 Å². The van der Waals surface area contributed by atoms with Crippen LogP contribution in [0.1, 0.15) is 10.4 Å². The first-order valence-corrected chi connectivity index (χ1v) is 8.16. The lowest BCUT2D eigenvalue weighted by molar-refractivity contribution is 0.102. The van der Waals surface area contributed by atoms with Crippen LogP contribution in [0.4, 0.5) is 14.5 Å². The van der Waals surface area contributed by atoms with Gasteiger partial charge in [0.25, 0.3) is 5.91 Å². The maximum Gasteiger partial charge on any atom is 0.257 e. The summed E-state index contributed by atoms with van der Waals surface area (Å²) in [5, 5.41) is 2.71. The van der Waals surface area contributed by atoms with Gasteiger partial charge in [-0.15, -0.1) is 0 Å². The summed E-state index contributed by atoms with van der Waals surface area (Å²) in [6.07, 6.45) is 3.02. The number of nitrogens with one attached hydrogen (secondary N) is 1. The molecule has 0 aliphatic carbocycles. The summed E-state index contributed by atoms with van der Waals surface area (Å²) in [4.78, 5) is 20.4. The number of hydrogen-bond acceptors (Lipinski definition) is 4. The standard InChI is InChI=1S/C19H10ClF2N3O2/c20-13-8-15(22)14(21)7-12(13)19-25-16-6-11(3-4-17(16)27-19)24-18(26)10-2-1-5-23-9-10/h1-9H,(H,24,26). The number of carbonyl (C=O) groups is 1. The minimum atomic E-state index is -1.06. The number of nitrogens with zero attached hydrogens (tertiary/aromatic N) is 2. The molecule has 134 valence electrons. The molecule has 2 heterocycles. The largest absolute Gasteiger partial charge is 0.436 e. The van der Waals surface area contributed by atoms with Gasteiger partial charge in [-0.05, 0) is 42.5 Å². The van der Waals surface area contributed by atoms with Crippen molar-refractivity contribution in [2.75, 3.05) is 5.32 Å². The monoisotopic (exact) mass is 385 g/mol. The van der Waals surface area contributed by atoms with E-state index in [0.717, 1.165) is 12.1 Å². The van der Waals surface area contributed by atoms with E-state index < -0.39 is 11.6 Å². The predicted molar refractivity (Wildman–Crippen MR) is 96.6 cm³/mol. The lowest BCUT2D eigenvalue weighted by Crippen LogP contribution is -2.11. The van der Waals surface area contributed by atoms with E-state index >= 15 is 0 Å². The van der Waals surface area contributed by atoms with Crippen molar-refractivity contribution >= 4 is 34.3 Å². The van der Waals surface area contributed by atoms with Gasteiger partial charge in [0.1, 0.15) is 5.52 Å². The minimum absolute atomic E-state index is 0.0226. The van der Waals surface area contributed by atoms with E-state index in [1.807, 2.05) is 0 Å². The fraction of sp³-hybridized carbons (Fsp3) is 0. The average molecular weight is 386 g/mol. The number of halogens is 3. The fourth-order valence-electron chi connectivity index (χ4n) is 2.51. The average Bonchev–Trinajstić information content (AvgIpc) is 3.08. The van der Waals surface area contributed by atoms with Gasteiger partial charge in [0.05, 0.1) is 16.1 Å². The first-order chi connectivity index (χ1) is 13.0. The molecule has 27 heavy (non-hydrogen) atoms. The van der Waals surface area contributed by atoms with E-state index in [1.54, 1.807) is 36.5 Å². The molecule has 1 amide bonds. The van der Waals surface area contributed by atoms with Crippen molar-refractivity contribution in [3.63, 3.8) is 0 Å². The Labute approximate surface area is 156 Å². The van der Waals surface area contributed by atoms with Crippen LogP contribution >= 0.6 is 11.6 Å². The molecule has 2 aromatic heterocycles. The van der Waals surface area contributed by atoms with Crippen molar-refractivity contribution in [2.24, 2.45) is 0 Å². The van der Waals surface area contributed by atoms with Crippen molar-refractivity contribution < 1.29 is 18.0 Å². The molecule has 0 aliphatic heterocycles. The van der Waals surface area contributed by atoms with Crippen molar-refractivity contribution in [1.29, 1.82) is 0 Å². The van der Waals surface area contributed by atoms with E-state index in [4.69, 9.17) is 16.0 Å². The van der Waals surface area contributed by atoms with Crippen LogP contribution in [0.5, 0.6) is 0 Å². The molecule has 0 fully saturated rings. The van der Waals surface area contributed by atoms with Crippen LogP contribution in [0.3, 0.4) is 0 Å². The van der Waals surface area contributed by atoms with Gasteiger partial charge in [-0.2, -0.15) is 0 Å². The quantitative estimate of drug-likeness (QED) is 0.500. The van der Waals surface area contributed by atoms with Crippen LogP contribution in [0, 0.1) is 11.6 Å². The van der Waals surface area contributed by atoms with Crippen LogP contribution < -0.4 is 5.32 Å². The molecule has 0 saturated carbocycles. The van der Waals surface area contributed by atoms with E-state index in [0.29, 0.717) is 22.4 Å². The second kappa shape index (κ2) is 6.77. The van der Waals surface area contributed by atoms with E-state index in [9.17, 15) is 13.6 Å². The number of anilines is 1. The number of fused-ring (bicyclic) bond motifs is 1. The van der Waals surface area contributed by atoms with Gasteiger partial charge >= 0.3 is 0 Å². The smallest absolute Gasteiger partial charge is 0.257 e. The summed E-state index contributed by atoms with van der Waals surface area (Å²) in [5.41, 5.74) is 1.87. The van der Waals surface area contributed by atoms with Crippen LogP contribution in [-0.2, 0) is 0 Å². The fourth-order valence-corrected chi connectivity index (χ4v) is 2.74. The number of rotatable bonds is 3. The molecule has 2 aromatic carbocycles. The molecule has 5 nitrogen and oxygen atoms in total. The van der Waals surface area contributed by atoms with Crippen LogP contribution in [-0.4, -0.2) is 15.9 Å². The molecule has 4 rings (SSSR count). The van der Waals surface area contributed by atoms with E-state index in [1.165, 1.54) is 6.20 Å². The molecule has 0 atom stereocenters. The summed E-state index contributed by atoms with van der Waals surface area (Å²) in [6.45, 7) is 0. The van der Waals surface area contributed by atoms with Crippen molar-refractivity contribution in [2.45, 2.75) is 0 Å². The summed E-state index contributed by atoms with van der Waals surface area (Å²) in [6, 6.07) is 9.93. The van der Waals surface area contributed by atoms with Crippen molar-refractivity contribution in [3.8, 4) is 11.5 Å². The van der Waals surface area contributed by atoms with Crippen molar-refractivity contribution in [3.05, 3.63) is 77.1 Å². The zero-order valence-electron chi connectivity index (χ0n) is 13.5. The Bertz CT molecular complexity index is 1160. The highest BCUT2D eigenvalue weighted by atomic mass is 35.5. The third-order valence-electron chi connectivity index (χ3n) is 3.81. The van der Waals surface area contributed by atoms with E-state index in [2.05, 4.69) is 15.3 Å². The Hall–Kier alpha value is -3.32.